The fraction of sp³-hybridized carbons (Fsp3) is 0.192. The van der Waals surface area contributed by atoms with Gasteiger partial charge in [-0.1, -0.05) is 29.8 Å². The molecule has 1 aliphatic heterocycles. The highest BCUT2D eigenvalue weighted by Gasteiger charge is 2.46. The number of carbonyl (C=O) groups is 2. The minimum atomic E-state index is -0.770. The predicted molar refractivity (Wildman–Crippen MR) is 126 cm³/mol. The number of halogens is 1. The van der Waals surface area contributed by atoms with Crippen LogP contribution in [0.1, 0.15) is 35.2 Å². The molecule has 1 N–H and O–H groups in total. The first-order valence-corrected chi connectivity index (χ1v) is 10.9. The Bertz CT molecular complexity index is 1220. The molecule has 0 radical (unpaired) electrons. The van der Waals surface area contributed by atoms with E-state index in [1.807, 2.05) is 19.9 Å². The van der Waals surface area contributed by atoms with Crippen molar-refractivity contribution < 1.29 is 19.4 Å². The number of carbonyl (C=O) groups excluding carboxylic acids is 2. The topological polar surface area (TPSA) is 79.7 Å². The molecule has 1 aliphatic rings. The van der Waals surface area contributed by atoms with Gasteiger partial charge in [0.1, 0.15) is 11.5 Å². The van der Waals surface area contributed by atoms with Crippen LogP contribution < -0.4 is 4.74 Å². The summed E-state index contributed by atoms with van der Waals surface area (Å²) in [5, 5.41) is 11.8. The first-order chi connectivity index (χ1) is 15.9. The second-order valence-electron chi connectivity index (χ2n) is 7.75. The van der Waals surface area contributed by atoms with Gasteiger partial charge in [0, 0.05) is 29.5 Å². The zero-order valence-corrected chi connectivity index (χ0v) is 19.0. The lowest BCUT2D eigenvalue weighted by molar-refractivity contribution is -0.140. The van der Waals surface area contributed by atoms with Crippen molar-refractivity contribution in [3.63, 3.8) is 0 Å². The van der Waals surface area contributed by atoms with Gasteiger partial charge in [0.2, 0.25) is 0 Å². The Morgan fingerprint density at radius 1 is 1.15 bits per heavy atom. The van der Waals surface area contributed by atoms with Gasteiger partial charge in [-0.25, -0.2) is 0 Å². The number of rotatable bonds is 6. The Morgan fingerprint density at radius 2 is 1.91 bits per heavy atom. The average Bonchev–Trinajstić information content (AvgIpc) is 3.05. The molecule has 3 aromatic rings. The van der Waals surface area contributed by atoms with Crippen molar-refractivity contribution in [2.75, 3.05) is 6.61 Å². The summed E-state index contributed by atoms with van der Waals surface area (Å²) in [6.07, 6.45) is 3.29. The molecule has 2 aromatic carbocycles. The van der Waals surface area contributed by atoms with Crippen LogP contribution in [0.15, 0.2) is 72.6 Å². The van der Waals surface area contributed by atoms with E-state index < -0.39 is 17.7 Å². The van der Waals surface area contributed by atoms with Crippen molar-refractivity contribution in [2.24, 2.45) is 0 Å². The van der Waals surface area contributed by atoms with E-state index in [1.165, 1.54) is 4.90 Å². The van der Waals surface area contributed by atoms with Crippen LogP contribution in [0, 0.1) is 6.92 Å². The van der Waals surface area contributed by atoms with Gasteiger partial charge in [0.25, 0.3) is 11.7 Å². The van der Waals surface area contributed by atoms with Crippen LogP contribution >= 0.6 is 11.6 Å². The first-order valence-electron chi connectivity index (χ1n) is 10.6. The summed E-state index contributed by atoms with van der Waals surface area (Å²) in [7, 11) is 0. The van der Waals surface area contributed by atoms with Gasteiger partial charge in [-0.15, -0.1) is 0 Å². The number of likely N-dealkylation sites (tertiary alicyclic amines) is 1. The molecule has 4 rings (SSSR count). The molecule has 1 unspecified atom stereocenters. The van der Waals surface area contributed by atoms with Crippen molar-refractivity contribution in [3.05, 3.63) is 99.8 Å². The van der Waals surface area contributed by atoms with E-state index in [4.69, 9.17) is 16.3 Å². The van der Waals surface area contributed by atoms with Crippen molar-refractivity contribution >= 4 is 29.1 Å². The maximum absolute atomic E-state index is 13.2. The molecule has 0 saturated carbocycles. The molecule has 33 heavy (non-hydrogen) atoms. The minimum Gasteiger partial charge on any atom is -0.507 e. The number of hydrogen-bond acceptors (Lipinski definition) is 5. The van der Waals surface area contributed by atoms with E-state index in [0.717, 1.165) is 11.1 Å². The molecular formula is C26H23ClN2O4. The lowest BCUT2D eigenvalue weighted by Crippen LogP contribution is -2.29. The molecule has 1 saturated heterocycles. The number of aliphatic hydroxyl groups excluding tert-OH is 1. The zero-order valence-electron chi connectivity index (χ0n) is 18.3. The Balaban J connectivity index is 1.85. The number of ether oxygens (including phenoxy) is 1. The molecule has 0 bridgehead atoms. The predicted octanol–water partition coefficient (Wildman–Crippen LogP) is 5.06. The third-order valence-corrected chi connectivity index (χ3v) is 5.82. The van der Waals surface area contributed by atoms with E-state index in [2.05, 4.69) is 4.98 Å². The molecule has 0 aliphatic carbocycles. The number of hydrogen-bond donors (Lipinski definition) is 1. The zero-order chi connectivity index (χ0) is 23.5. The van der Waals surface area contributed by atoms with Crippen LogP contribution in [0.3, 0.4) is 0 Å². The normalized spacial score (nSPS) is 17.4. The minimum absolute atomic E-state index is 0.0403. The van der Waals surface area contributed by atoms with E-state index in [0.29, 0.717) is 28.5 Å². The standard InChI is InChI=1S/C26H23ClN2O4/c1-3-33-20-10-11-21(16(2)13-20)24(30)22-23(18-6-8-19(27)9-7-18)29(26(32)25(22)31)15-17-5-4-12-28-14-17/h4-14,23,30H,3,15H2,1-2H3. The molecule has 7 heteroatoms. The van der Waals surface area contributed by atoms with Crippen molar-refractivity contribution in [1.29, 1.82) is 0 Å². The maximum Gasteiger partial charge on any atom is 0.295 e. The fourth-order valence-corrected chi connectivity index (χ4v) is 4.15. The third-order valence-electron chi connectivity index (χ3n) is 5.57. The van der Waals surface area contributed by atoms with Crippen LogP contribution in [-0.2, 0) is 16.1 Å². The smallest absolute Gasteiger partial charge is 0.295 e. The number of ketones is 1. The molecule has 168 valence electrons. The summed E-state index contributed by atoms with van der Waals surface area (Å²) in [6, 6.07) is 15.0. The van der Waals surface area contributed by atoms with Gasteiger partial charge in [-0.3, -0.25) is 14.6 Å². The number of aromatic nitrogens is 1. The second-order valence-corrected chi connectivity index (χ2v) is 8.19. The highest BCUT2D eigenvalue weighted by Crippen LogP contribution is 2.41. The molecule has 1 amide bonds. The summed E-state index contributed by atoms with van der Waals surface area (Å²) in [5.74, 6) is -0.964. The highest BCUT2D eigenvalue weighted by atomic mass is 35.5. The van der Waals surface area contributed by atoms with Gasteiger partial charge < -0.3 is 14.7 Å². The number of aryl methyl sites for hydroxylation is 1. The van der Waals surface area contributed by atoms with E-state index in [-0.39, 0.29) is 17.9 Å². The Hall–Kier alpha value is -3.64. The van der Waals surface area contributed by atoms with Crippen molar-refractivity contribution in [2.45, 2.75) is 26.4 Å². The SMILES string of the molecule is CCOc1ccc(C(O)=C2C(=O)C(=O)N(Cc3cccnc3)C2c2ccc(Cl)cc2)c(C)c1. The number of nitrogens with zero attached hydrogens (tertiary/aromatic N) is 2. The highest BCUT2D eigenvalue weighted by molar-refractivity contribution is 6.46. The number of aliphatic hydroxyl groups is 1. The average molecular weight is 463 g/mol. The lowest BCUT2D eigenvalue weighted by atomic mass is 9.94. The molecule has 0 spiro atoms. The van der Waals surface area contributed by atoms with Crippen LogP contribution in [0.5, 0.6) is 5.75 Å². The lowest BCUT2D eigenvalue weighted by Gasteiger charge is -2.25. The fourth-order valence-electron chi connectivity index (χ4n) is 4.03. The van der Waals surface area contributed by atoms with Gasteiger partial charge >= 0.3 is 0 Å². The summed E-state index contributed by atoms with van der Waals surface area (Å²) in [6.45, 7) is 4.39. The Labute approximate surface area is 197 Å². The molecular weight excluding hydrogens is 440 g/mol. The third kappa shape index (κ3) is 4.47. The first kappa shape index (κ1) is 22.6. The number of pyridine rings is 1. The summed E-state index contributed by atoms with van der Waals surface area (Å²) in [5.41, 5.74) is 2.69. The maximum atomic E-state index is 13.2. The molecule has 2 heterocycles. The van der Waals surface area contributed by atoms with Crippen LogP contribution in [-0.4, -0.2) is 33.3 Å². The molecule has 1 fully saturated rings. The molecule has 1 aromatic heterocycles. The van der Waals surface area contributed by atoms with E-state index in [9.17, 15) is 14.7 Å². The van der Waals surface area contributed by atoms with Gasteiger partial charge in [-0.05, 0) is 66.9 Å². The van der Waals surface area contributed by atoms with E-state index >= 15 is 0 Å². The second kappa shape index (κ2) is 9.46. The monoisotopic (exact) mass is 462 g/mol. The van der Waals surface area contributed by atoms with E-state index in [1.54, 1.807) is 60.9 Å². The van der Waals surface area contributed by atoms with Gasteiger partial charge in [0.05, 0.1) is 18.2 Å². The Kier molecular flexibility index (Phi) is 6.47. The Morgan fingerprint density at radius 3 is 2.55 bits per heavy atom. The molecule has 1 atom stereocenters. The van der Waals surface area contributed by atoms with Gasteiger partial charge in [-0.2, -0.15) is 0 Å². The number of amides is 1. The largest absolute Gasteiger partial charge is 0.507 e. The summed E-state index contributed by atoms with van der Waals surface area (Å²) in [4.78, 5) is 31.8. The summed E-state index contributed by atoms with van der Waals surface area (Å²) >= 11 is 6.07. The van der Waals surface area contributed by atoms with Crippen LogP contribution in [0.25, 0.3) is 5.76 Å². The number of Topliss-reactive ketones (excluding diaryl/α,β-unsaturated/α-hetero) is 1. The summed E-state index contributed by atoms with van der Waals surface area (Å²) < 4.78 is 5.52. The van der Waals surface area contributed by atoms with Crippen molar-refractivity contribution in [1.82, 2.24) is 9.88 Å². The van der Waals surface area contributed by atoms with Crippen molar-refractivity contribution in [3.8, 4) is 5.75 Å². The van der Waals surface area contributed by atoms with Crippen LogP contribution in [0.2, 0.25) is 5.02 Å². The quantitative estimate of drug-likeness (QED) is 0.314. The van der Waals surface area contributed by atoms with Gasteiger partial charge in [0.15, 0.2) is 0 Å². The van der Waals surface area contributed by atoms with Crippen LogP contribution in [0.4, 0.5) is 0 Å². The number of benzene rings is 2. The molecule has 6 nitrogen and oxygen atoms in total.